The Labute approximate surface area is 129 Å². The molecule has 5 heteroatoms. The molecule has 0 atom stereocenters. The highest BCUT2D eigenvalue weighted by atomic mass is 79.9. The van der Waals surface area contributed by atoms with Gasteiger partial charge in [-0.1, -0.05) is 12.1 Å². The molecule has 21 heavy (non-hydrogen) atoms. The van der Waals surface area contributed by atoms with Crippen LogP contribution in [-0.4, -0.2) is 4.98 Å². The number of para-hydroxylation sites is 1. The van der Waals surface area contributed by atoms with Crippen LogP contribution in [0.1, 0.15) is 5.56 Å². The second-order valence-corrected chi connectivity index (χ2v) is 5.36. The van der Waals surface area contributed by atoms with Crippen molar-refractivity contribution in [1.82, 2.24) is 4.98 Å². The minimum Gasteiger partial charge on any atom is -0.455 e. The van der Waals surface area contributed by atoms with Crippen LogP contribution in [0, 0.1) is 5.82 Å². The maximum Gasteiger partial charge on any atom is 0.144 e. The SMILES string of the molecule is NCc1cnc2ccccc2c1Oc1cc(F)ccc1Br. The number of aromatic nitrogens is 1. The van der Waals surface area contributed by atoms with Gasteiger partial charge in [0.05, 0.1) is 9.99 Å². The molecule has 0 fully saturated rings. The van der Waals surface area contributed by atoms with Crippen molar-refractivity contribution in [1.29, 1.82) is 0 Å². The van der Waals surface area contributed by atoms with Gasteiger partial charge >= 0.3 is 0 Å². The third kappa shape index (κ3) is 2.75. The van der Waals surface area contributed by atoms with Crippen LogP contribution in [0.15, 0.2) is 53.1 Å². The molecule has 0 radical (unpaired) electrons. The molecule has 0 unspecified atom stereocenters. The topological polar surface area (TPSA) is 48.1 Å². The number of nitrogens with two attached hydrogens (primary N) is 1. The Hall–Kier alpha value is -1.98. The number of hydrogen-bond acceptors (Lipinski definition) is 3. The standard InChI is InChI=1S/C16H12BrFN2O/c17-13-6-5-11(18)7-15(13)21-16-10(8-19)9-20-14-4-2-1-3-12(14)16/h1-7,9H,8,19H2. The number of nitrogens with zero attached hydrogens (tertiary/aromatic N) is 1. The second-order valence-electron chi connectivity index (χ2n) is 4.51. The van der Waals surface area contributed by atoms with E-state index in [-0.39, 0.29) is 5.82 Å². The second kappa shape index (κ2) is 5.79. The molecule has 0 amide bonds. The first-order chi connectivity index (χ1) is 10.2. The van der Waals surface area contributed by atoms with Crippen LogP contribution in [-0.2, 0) is 6.54 Å². The van der Waals surface area contributed by atoms with Gasteiger partial charge in [-0.15, -0.1) is 0 Å². The Kier molecular flexibility index (Phi) is 3.86. The Morgan fingerprint density at radius 3 is 2.81 bits per heavy atom. The van der Waals surface area contributed by atoms with Gasteiger partial charge in [0, 0.05) is 29.8 Å². The van der Waals surface area contributed by atoms with E-state index in [1.54, 1.807) is 12.3 Å². The van der Waals surface area contributed by atoms with E-state index in [2.05, 4.69) is 20.9 Å². The summed E-state index contributed by atoms with van der Waals surface area (Å²) in [5, 5.41) is 0.844. The van der Waals surface area contributed by atoms with Gasteiger partial charge in [0.15, 0.2) is 0 Å². The van der Waals surface area contributed by atoms with Gasteiger partial charge < -0.3 is 10.5 Å². The predicted molar refractivity (Wildman–Crippen MR) is 83.8 cm³/mol. The largest absolute Gasteiger partial charge is 0.455 e. The Morgan fingerprint density at radius 2 is 2.00 bits per heavy atom. The zero-order valence-electron chi connectivity index (χ0n) is 11.0. The van der Waals surface area contributed by atoms with Gasteiger partial charge in [0.1, 0.15) is 17.3 Å². The number of fused-ring (bicyclic) bond motifs is 1. The van der Waals surface area contributed by atoms with Crippen molar-refractivity contribution in [3.63, 3.8) is 0 Å². The number of pyridine rings is 1. The van der Waals surface area contributed by atoms with E-state index < -0.39 is 0 Å². The molecule has 0 aliphatic rings. The molecule has 3 aromatic rings. The fourth-order valence-electron chi connectivity index (χ4n) is 2.09. The monoisotopic (exact) mass is 346 g/mol. The van der Waals surface area contributed by atoms with Crippen LogP contribution < -0.4 is 10.5 Å². The lowest BCUT2D eigenvalue weighted by Crippen LogP contribution is -2.01. The first-order valence-corrected chi connectivity index (χ1v) is 7.18. The predicted octanol–water partition coefficient (Wildman–Crippen LogP) is 4.39. The van der Waals surface area contributed by atoms with Crippen LogP contribution in [0.3, 0.4) is 0 Å². The van der Waals surface area contributed by atoms with Crippen molar-refractivity contribution < 1.29 is 9.13 Å². The van der Waals surface area contributed by atoms with E-state index in [1.807, 2.05) is 24.3 Å². The van der Waals surface area contributed by atoms with Crippen LogP contribution >= 0.6 is 15.9 Å². The summed E-state index contributed by atoms with van der Waals surface area (Å²) in [6.07, 6.45) is 1.69. The third-order valence-corrected chi connectivity index (χ3v) is 3.78. The van der Waals surface area contributed by atoms with Crippen molar-refractivity contribution in [2.75, 3.05) is 0 Å². The van der Waals surface area contributed by atoms with E-state index in [0.29, 0.717) is 22.5 Å². The lowest BCUT2D eigenvalue weighted by Gasteiger charge is -2.13. The van der Waals surface area contributed by atoms with E-state index >= 15 is 0 Å². The van der Waals surface area contributed by atoms with Gasteiger partial charge in [0.2, 0.25) is 0 Å². The van der Waals surface area contributed by atoms with Gasteiger partial charge in [-0.3, -0.25) is 4.98 Å². The third-order valence-electron chi connectivity index (χ3n) is 3.12. The van der Waals surface area contributed by atoms with E-state index in [4.69, 9.17) is 10.5 Å². The van der Waals surface area contributed by atoms with Gasteiger partial charge in [-0.2, -0.15) is 0 Å². The highest BCUT2D eigenvalue weighted by Gasteiger charge is 2.12. The molecule has 0 aliphatic carbocycles. The number of rotatable bonds is 3. The van der Waals surface area contributed by atoms with Crippen LogP contribution in [0.2, 0.25) is 0 Å². The first kappa shape index (κ1) is 14.0. The highest BCUT2D eigenvalue weighted by Crippen LogP contribution is 2.36. The van der Waals surface area contributed by atoms with Crippen molar-refractivity contribution >= 4 is 26.8 Å². The minimum atomic E-state index is -0.360. The fraction of sp³-hybridized carbons (Fsp3) is 0.0625. The van der Waals surface area contributed by atoms with Crippen LogP contribution in [0.25, 0.3) is 10.9 Å². The average molecular weight is 347 g/mol. The molecule has 0 spiro atoms. The molecule has 2 N–H and O–H groups in total. The summed E-state index contributed by atoms with van der Waals surface area (Å²) in [6, 6.07) is 11.9. The Morgan fingerprint density at radius 1 is 1.19 bits per heavy atom. The molecule has 3 rings (SSSR count). The molecule has 0 bridgehead atoms. The number of benzene rings is 2. The van der Waals surface area contributed by atoms with Crippen molar-refractivity contribution in [3.05, 3.63) is 64.5 Å². The van der Waals surface area contributed by atoms with Crippen LogP contribution in [0.4, 0.5) is 4.39 Å². The van der Waals surface area contributed by atoms with Crippen molar-refractivity contribution in [2.24, 2.45) is 5.73 Å². The summed E-state index contributed by atoms with van der Waals surface area (Å²) in [7, 11) is 0. The highest BCUT2D eigenvalue weighted by molar-refractivity contribution is 9.10. The summed E-state index contributed by atoms with van der Waals surface area (Å²) < 4.78 is 20.0. The van der Waals surface area contributed by atoms with Gasteiger partial charge in [0.25, 0.3) is 0 Å². The molecule has 0 aliphatic heterocycles. The summed E-state index contributed by atoms with van der Waals surface area (Å²) >= 11 is 3.36. The lowest BCUT2D eigenvalue weighted by molar-refractivity contribution is 0.473. The smallest absolute Gasteiger partial charge is 0.144 e. The fourth-order valence-corrected chi connectivity index (χ4v) is 2.42. The molecule has 0 saturated carbocycles. The summed E-state index contributed by atoms with van der Waals surface area (Å²) in [5.41, 5.74) is 7.33. The molecule has 3 nitrogen and oxygen atoms in total. The van der Waals surface area contributed by atoms with Crippen molar-refractivity contribution in [3.8, 4) is 11.5 Å². The lowest BCUT2D eigenvalue weighted by atomic mass is 10.1. The van der Waals surface area contributed by atoms with Crippen LogP contribution in [0.5, 0.6) is 11.5 Å². The van der Waals surface area contributed by atoms with E-state index in [1.165, 1.54) is 12.1 Å². The molecular weight excluding hydrogens is 335 g/mol. The first-order valence-electron chi connectivity index (χ1n) is 6.38. The number of ether oxygens (including phenoxy) is 1. The summed E-state index contributed by atoms with van der Waals surface area (Å²) in [5.74, 6) is 0.649. The Balaban J connectivity index is 2.16. The number of hydrogen-bond donors (Lipinski definition) is 1. The summed E-state index contributed by atoms with van der Waals surface area (Å²) in [4.78, 5) is 4.35. The molecule has 0 saturated heterocycles. The normalized spacial score (nSPS) is 10.8. The zero-order valence-corrected chi connectivity index (χ0v) is 12.6. The Bertz CT molecular complexity index is 807. The maximum atomic E-state index is 13.4. The molecule has 106 valence electrons. The molecular formula is C16H12BrFN2O. The average Bonchev–Trinajstić information content (AvgIpc) is 2.51. The molecule has 2 aromatic carbocycles. The summed E-state index contributed by atoms with van der Waals surface area (Å²) in [6.45, 7) is 0.292. The molecule has 1 heterocycles. The minimum absolute atomic E-state index is 0.292. The van der Waals surface area contributed by atoms with E-state index in [9.17, 15) is 4.39 Å². The maximum absolute atomic E-state index is 13.4. The zero-order chi connectivity index (χ0) is 14.8. The molecule has 1 aromatic heterocycles. The van der Waals surface area contributed by atoms with Gasteiger partial charge in [-0.25, -0.2) is 4.39 Å². The van der Waals surface area contributed by atoms with E-state index in [0.717, 1.165) is 16.5 Å². The van der Waals surface area contributed by atoms with Gasteiger partial charge in [-0.05, 0) is 40.2 Å². The quantitative estimate of drug-likeness (QED) is 0.765. The number of halogens is 2. The van der Waals surface area contributed by atoms with Crippen molar-refractivity contribution in [2.45, 2.75) is 6.54 Å².